The van der Waals surface area contributed by atoms with Crippen molar-refractivity contribution in [2.75, 3.05) is 14.2 Å². The molecular weight excluding hydrogens is 684 g/mol. The molecule has 0 amide bonds. The van der Waals surface area contributed by atoms with Crippen molar-refractivity contribution in [2.45, 2.75) is 27.3 Å². The molecule has 2 heterocycles. The predicted octanol–water partition coefficient (Wildman–Crippen LogP) is 8.21. The molecule has 6 aromatic rings. The number of hydrogen-bond donors (Lipinski definition) is 2. The van der Waals surface area contributed by atoms with Gasteiger partial charge in [0.1, 0.15) is 36.7 Å². The summed E-state index contributed by atoms with van der Waals surface area (Å²) >= 11 is 0. The maximum Gasteiger partial charge on any atom is 0.336 e. The summed E-state index contributed by atoms with van der Waals surface area (Å²) in [6, 6.07) is 19.2. The van der Waals surface area contributed by atoms with Crippen LogP contribution in [0, 0.1) is 37.1 Å². The number of hydrogen-bond acceptors (Lipinski definition) is 6. The van der Waals surface area contributed by atoms with Gasteiger partial charge in [-0.3, -0.25) is 0 Å². The molecule has 2 aromatic heterocycles. The van der Waals surface area contributed by atoms with Crippen molar-refractivity contribution in [3.05, 3.63) is 130 Å². The molecule has 52 heavy (non-hydrogen) atoms. The standard InChI is InChI=1S/2C19H16F2N2O3/c1-11-17(16-14(19(24)25)4-3-5-15(16)21)22-23(10-26-2)18(11)12-6-8-13(20)9-7-12;1-11-17(12-6-8-13(20)9-7-12)22-23(10-26-2)18(11)16-14(19(24)25)4-3-5-15(16)21/h2*3-9H,10H2,1-2H3,(H,24,25). The summed E-state index contributed by atoms with van der Waals surface area (Å²) < 4.78 is 68.7. The minimum Gasteiger partial charge on any atom is -0.478 e. The van der Waals surface area contributed by atoms with Crippen LogP contribution in [-0.4, -0.2) is 55.9 Å². The van der Waals surface area contributed by atoms with Crippen molar-refractivity contribution in [2.24, 2.45) is 0 Å². The van der Waals surface area contributed by atoms with Gasteiger partial charge in [-0.05, 0) is 86.6 Å². The van der Waals surface area contributed by atoms with Crippen LogP contribution in [0.1, 0.15) is 31.8 Å². The first-order valence-electron chi connectivity index (χ1n) is 15.6. The van der Waals surface area contributed by atoms with Crippen molar-refractivity contribution in [3.63, 3.8) is 0 Å². The number of carbonyl (C=O) groups is 2. The number of carboxylic acid groups (broad SMARTS) is 2. The fourth-order valence-electron chi connectivity index (χ4n) is 5.83. The van der Waals surface area contributed by atoms with Crippen molar-refractivity contribution in [3.8, 4) is 45.0 Å². The first-order valence-corrected chi connectivity index (χ1v) is 15.6. The molecule has 0 unspecified atom stereocenters. The molecule has 0 saturated carbocycles. The zero-order valence-electron chi connectivity index (χ0n) is 28.3. The van der Waals surface area contributed by atoms with Gasteiger partial charge in [-0.2, -0.15) is 10.2 Å². The molecule has 0 spiro atoms. The summed E-state index contributed by atoms with van der Waals surface area (Å²) in [5, 5.41) is 27.6. The van der Waals surface area contributed by atoms with E-state index in [-0.39, 0.29) is 53.0 Å². The van der Waals surface area contributed by atoms with E-state index in [1.54, 1.807) is 38.1 Å². The third-order valence-corrected chi connectivity index (χ3v) is 8.08. The van der Waals surface area contributed by atoms with Crippen LogP contribution in [0.4, 0.5) is 17.6 Å². The van der Waals surface area contributed by atoms with Crippen LogP contribution < -0.4 is 0 Å². The van der Waals surface area contributed by atoms with E-state index >= 15 is 0 Å². The number of ether oxygens (including phenoxy) is 2. The molecule has 2 N–H and O–H groups in total. The third kappa shape index (κ3) is 7.48. The Labute approximate surface area is 295 Å². The van der Waals surface area contributed by atoms with Gasteiger partial charge in [0.15, 0.2) is 0 Å². The van der Waals surface area contributed by atoms with Gasteiger partial charge in [-0.25, -0.2) is 36.5 Å². The zero-order valence-corrected chi connectivity index (χ0v) is 28.3. The van der Waals surface area contributed by atoms with Crippen LogP contribution in [0.15, 0.2) is 84.9 Å². The van der Waals surface area contributed by atoms with Crippen LogP contribution in [0.2, 0.25) is 0 Å². The minimum absolute atomic E-state index is 0.00472. The van der Waals surface area contributed by atoms with Gasteiger partial charge < -0.3 is 19.7 Å². The summed E-state index contributed by atoms with van der Waals surface area (Å²) in [7, 11) is 2.94. The Bertz CT molecular complexity index is 2250. The first-order chi connectivity index (χ1) is 24.9. The zero-order chi connectivity index (χ0) is 37.7. The van der Waals surface area contributed by atoms with E-state index in [1.807, 2.05) is 0 Å². The molecule has 6 rings (SSSR count). The number of carboxylic acids is 2. The van der Waals surface area contributed by atoms with Gasteiger partial charge in [0.2, 0.25) is 0 Å². The van der Waals surface area contributed by atoms with E-state index in [9.17, 15) is 37.4 Å². The molecule has 0 bridgehead atoms. The molecule has 0 aliphatic rings. The molecule has 0 atom stereocenters. The SMILES string of the molecule is COCn1nc(-c2c(F)cccc2C(=O)O)c(C)c1-c1ccc(F)cc1.COCn1nc(-c2ccc(F)cc2)c(C)c1-c1c(F)cccc1C(=O)O. The maximum atomic E-state index is 14.6. The molecule has 0 radical (unpaired) electrons. The number of methoxy groups -OCH3 is 2. The number of aromatic carboxylic acids is 2. The Hall–Kier alpha value is -6.12. The highest BCUT2D eigenvalue weighted by Gasteiger charge is 2.26. The van der Waals surface area contributed by atoms with Crippen molar-refractivity contribution >= 4 is 11.9 Å². The fraction of sp³-hybridized carbons (Fsp3) is 0.158. The van der Waals surface area contributed by atoms with E-state index < -0.39 is 23.6 Å². The highest BCUT2D eigenvalue weighted by atomic mass is 19.1. The molecular formula is C38H32F4N4O6. The number of halogens is 4. The van der Waals surface area contributed by atoms with Crippen molar-refractivity contribution in [1.82, 2.24) is 19.6 Å². The lowest BCUT2D eigenvalue weighted by Crippen LogP contribution is -2.09. The van der Waals surface area contributed by atoms with Gasteiger partial charge >= 0.3 is 11.9 Å². The molecule has 0 saturated heterocycles. The highest BCUT2D eigenvalue weighted by Crippen LogP contribution is 2.37. The van der Waals surface area contributed by atoms with Gasteiger partial charge in [0.25, 0.3) is 0 Å². The van der Waals surface area contributed by atoms with E-state index in [0.717, 1.165) is 0 Å². The van der Waals surface area contributed by atoms with E-state index in [1.165, 1.54) is 84.2 Å². The quantitative estimate of drug-likeness (QED) is 0.136. The van der Waals surface area contributed by atoms with Gasteiger partial charge in [-0.1, -0.05) is 12.1 Å². The van der Waals surface area contributed by atoms with E-state index in [4.69, 9.17) is 9.47 Å². The van der Waals surface area contributed by atoms with Gasteiger partial charge in [-0.15, -0.1) is 0 Å². The molecule has 10 nitrogen and oxygen atoms in total. The van der Waals surface area contributed by atoms with Crippen LogP contribution in [0.25, 0.3) is 45.0 Å². The minimum atomic E-state index is -1.25. The lowest BCUT2D eigenvalue weighted by Gasteiger charge is -2.11. The molecule has 0 aliphatic carbocycles. The van der Waals surface area contributed by atoms with Gasteiger partial charge in [0.05, 0.1) is 45.0 Å². The number of benzene rings is 4. The van der Waals surface area contributed by atoms with Crippen LogP contribution in [0.5, 0.6) is 0 Å². The average Bonchev–Trinajstić information content (AvgIpc) is 3.60. The van der Waals surface area contributed by atoms with E-state index in [2.05, 4.69) is 10.2 Å². The molecule has 14 heteroatoms. The fourth-order valence-corrected chi connectivity index (χ4v) is 5.83. The Kier molecular flexibility index (Phi) is 11.3. The molecule has 0 aliphatic heterocycles. The van der Waals surface area contributed by atoms with E-state index in [0.29, 0.717) is 39.3 Å². The smallest absolute Gasteiger partial charge is 0.336 e. The largest absolute Gasteiger partial charge is 0.478 e. The summed E-state index contributed by atoms with van der Waals surface area (Å²) in [5.74, 6) is -4.61. The first kappa shape index (κ1) is 37.1. The average molecular weight is 717 g/mol. The van der Waals surface area contributed by atoms with Crippen LogP contribution in [-0.2, 0) is 22.9 Å². The third-order valence-electron chi connectivity index (χ3n) is 8.08. The second-order valence-corrected chi connectivity index (χ2v) is 11.4. The Morgan fingerprint density at radius 3 is 1.52 bits per heavy atom. The lowest BCUT2D eigenvalue weighted by atomic mass is 9.98. The number of nitrogens with zero attached hydrogens (tertiary/aromatic N) is 4. The predicted molar refractivity (Wildman–Crippen MR) is 183 cm³/mol. The Morgan fingerprint density at radius 2 is 1.02 bits per heavy atom. The second-order valence-electron chi connectivity index (χ2n) is 11.4. The molecule has 4 aromatic carbocycles. The van der Waals surface area contributed by atoms with Gasteiger partial charge in [0, 0.05) is 36.5 Å². The topological polar surface area (TPSA) is 129 Å². The number of rotatable bonds is 10. The van der Waals surface area contributed by atoms with Crippen molar-refractivity contribution in [1.29, 1.82) is 0 Å². The summed E-state index contributed by atoms with van der Waals surface area (Å²) in [5.41, 5.74) is 3.54. The maximum absolute atomic E-state index is 14.6. The molecule has 268 valence electrons. The monoisotopic (exact) mass is 716 g/mol. The Morgan fingerprint density at radius 1 is 0.596 bits per heavy atom. The van der Waals surface area contributed by atoms with Crippen LogP contribution in [0.3, 0.4) is 0 Å². The number of aromatic nitrogens is 4. The summed E-state index contributed by atoms with van der Waals surface area (Å²) in [6.07, 6.45) is 0. The van der Waals surface area contributed by atoms with Crippen LogP contribution >= 0.6 is 0 Å². The lowest BCUT2D eigenvalue weighted by molar-refractivity contribution is 0.0686. The summed E-state index contributed by atoms with van der Waals surface area (Å²) in [4.78, 5) is 23.1. The Balaban J connectivity index is 0.000000201. The second kappa shape index (κ2) is 15.8. The van der Waals surface area contributed by atoms with Crippen molar-refractivity contribution < 1.29 is 46.8 Å². The normalized spacial score (nSPS) is 10.9. The molecule has 0 fully saturated rings. The highest BCUT2D eigenvalue weighted by molar-refractivity contribution is 5.97. The summed E-state index contributed by atoms with van der Waals surface area (Å²) in [6.45, 7) is 3.51.